The molecule has 2 heterocycles. The largest absolute Gasteiger partial charge is 0.480 e. The van der Waals surface area contributed by atoms with E-state index in [1.54, 1.807) is 24.3 Å². The van der Waals surface area contributed by atoms with Gasteiger partial charge in [0, 0.05) is 23.2 Å². The Morgan fingerprint density at radius 3 is 2.17 bits per heavy atom. The van der Waals surface area contributed by atoms with Gasteiger partial charge in [0.05, 0.1) is 13.2 Å². The lowest BCUT2D eigenvalue weighted by molar-refractivity contribution is -0.147. The van der Waals surface area contributed by atoms with Gasteiger partial charge >= 0.3 is 5.97 Å². The van der Waals surface area contributed by atoms with E-state index in [1.807, 2.05) is 31.2 Å². The van der Waals surface area contributed by atoms with Crippen LogP contribution in [0, 0.1) is 6.92 Å². The van der Waals surface area contributed by atoms with Crippen LogP contribution in [0.25, 0.3) is 22.9 Å². The van der Waals surface area contributed by atoms with E-state index in [2.05, 4.69) is 10.2 Å². The summed E-state index contributed by atoms with van der Waals surface area (Å²) in [5.41, 5.74) is 3.02. The van der Waals surface area contributed by atoms with Crippen molar-refractivity contribution in [3.63, 3.8) is 0 Å². The lowest BCUT2D eigenvalue weighted by Crippen LogP contribution is -2.52. The molecule has 1 fully saturated rings. The number of benzene rings is 2. The van der Waals surface area contributed by atoms with Crippen molar-refractivity contribution >= 4 is 11.9 Å². The molecule has 1 N–H and O–H groups in total. The minimum atomic E-state index is -1.08. The fourth-order valence-corrected chi connectivity index (χ4v) is 3.13. The average Bonchev–Trinajstić information content (AvgIpc) is 3.24. The molecule has 1 atom stereocenters. The summed E-state index contributed by atoms with van der Waals surface area (Å²) in [4.78, 5) is 25.4. The Morgan fingerprint density at radius 2 is 1.59 bits per heavy atom. The fourth-order valence-electron chi connectivity index (χ4n) is 3.13. The predicted molar refractivity (Wildman–Crippen MR) is 103 cm³/mol. The molecule has 1 aromatic heterocycles. The zero-order valence-electron chi connectivity index (χ0n) is 15.7. The van der Waals surface area contributed by atoms with E-state index in [0.717, 1.165) is 11.1 Å². The first-order valence-corrected chi connectivity index (χ1v) is 9.15. The number of ether oxygens (including phenoxy) is 1. The van der Waals surface area contributed by atoms with Gasteiger partial charge in [-0.3, -0.25) is 4.79 Å². The second kappa shape index (κ2) is 7.84. The van der Waals surface area contributed by atoms with Crippen molar-refractivity contribution in [3.05, 3.63) is 59.7 Å². The molecular weight excluding hydrogens is 374 g/mol. The van der Waals surface area contributed by atoms with E-state index < -0.39 is 12.0 Å². The van der Waals surface area contributed by atoms with E-state index in [4.69, 9.17) is 9.15 Å². The maximum atomic E-state index is 12.7. The maximum absolute atomic E-state index is 12.7. The van der Waals surface area contributed by atoms with Crippen molar-refractivity contribution in [1.29, 1.82) is 0 Å². The lowest BCUT2D eigenvalue weighted by atomic mass is 10.1. The van der Waals surface area contributed by atoms with Crippen molar-refractivity contribution in [3.8, 4) is 22.9 Å². The van der Waals surface area contributed by atoms with E-state index in [1.165, 1.54) is 4.90 Å². The molecule has 29 heavy (non-hydrogen) atoms. The second-order valence-electron chi connectivity index (χ2n) is 6.78. The van der Waals surface area contributed by atoms with E-state index >= 15 is 0 Å². The van der Waals surface area contributed by atoms with Gasteiger partial charge in [-0.15, -0.1) is 10.2 Å². The molecule has 148 valence electrons. The molecule has 8 nitrogen and oxygen atoms in total. The van der Waals surface area contributed by atoms with Gasteiger partial charge in [-0.1, -0.05) is 17.7 Å². The monoisotopic (exact) mass is 393 g/mol. The van der Waals surface area contributed by atoms with Crippen LogP contribution in [0.15, 0.2) is 52.9 Å². The van der Waals surface area contributed by atoms with E-state index in [9.17, 15) is 14.7 Å². The number of amides is 1. The molecule has 0 radical (unpaired) electrons. The zero-order chi connectivity index (χ0) is 20.4. The summed E-state index contributed by atoms with van der Waals surface area (Å²) in [6.07, 6.45) is 0. The summed E-state index contributed by atoms with van der Waals surface area (Å²) in [6.45, 7) is 2.54. The first-order chi connectivity index (χ1) is 14.0. The molecule has 0 saturated carbocycles. The molecule has 1 amide bonds. The third-order valence-corrected chi connectivity index (χ3v) is 4.78. The van der Waals surface area contributed by atoms with Gasteiger partial charge in [-0.05, 0) is 43.3 Å². The number of nitrogens with zero attached hydrogens (tertiary/aromatic N) is 3. The predicted octanol–water partition coefficient (Wildman–Crippen LogP) is 2.64. The van der Waals surface area contributed by atoms with Gasteiger partial charge in [0.1, 0.15) is 0 Å². The maximum Gasteiger partial charge on any atom is 0.328 e. The minimum absolute atomic E-state index is 0.0110. The van der Waals surface area contributed by atoms with Gasteiger partial charge in [-0.2, -0.15) is 0 Å². The number of hydrogen-bond donors (Lipinski definition) is 1. The van der Waals surface area contributed by atoms with Crippen molar-refractivity contribution in [2.24, 2.45) is 0 Å². The third-order valence-electron chi connectivity index (χ3n) is 4.78. The highest BCUT2D eigenvalue weighted by atomic mass is 16.5. The number of rotatable bonds is 4. The van der Waals surface area contributed by atoms with Gasteiger partial charge in [-0.25, -0.2) is 4.79 Å². The second-order valence-corrected chi connectivity index (χ2v) is 6.78. The van der Waals surface area contributed by atoms with Crippen molar-refractivity contribution < 1.29 is 23.8 Å². The molecule has 0 unspecified atom stereocenters. The minimum Gasteiger partial charge on any atom is -0.480 e. The summed E-state index contributed by atoms with van der Waals surface area (Å²) in [5.74, 6) is -0.672. The molecule has 8 heteroatoms. The summed E-state index contributed by atoms with van der Waals surface area (Å²) in [6, 6.07) is 13.4. The number of carbonyl (C=O) groups is 2. The first-order valence-electron chi connectivity index (χ1n) is 9.15. The molecule has 0 spiro atoms. The zero-order valence-corrected chi connectivity index (χ0v) is 15.7. The van der Waals surface area contributed by atoms with Gasteiger partial charge in [0.2, 0.25) is 11.8 Å². The number of aromatic nitrogens is 2. The standard InChI is InChI=1S/C21H19N3O5/c1-13-2-4-14(5-3-13)18-22-23-19(29-18)15-6-8-16(9-7-15)20(25)24-10-11-28-12-17(24)21(26)27/h2-9,17H,10-12H2,1H3,(H,26,27)/t17-/m1/s1. The van der Waals surface area contributed by atoms with Crippen molar-refractivity contribution in [1.82, 2.24) is 15.1 Å². The Hall–Kier alpha value is -3.52. The Labute approximate surface area is 166 Å². The third kappa shape index (κ3) is 3.88. The van der Waals surface area contributed by atoms with Gasteiger partial charge < -0.3 is 19.2 Å². The normalized spacial score (nSPS) is 16.6. The molecular formula is C21H19N3O5. The van der Waals surface area contributed by atoms with Crippen LogP contribution in [0.5, 0.6) is 0 Å². The molecule has 1 aliphatic rings. The Balaban J connectivity index is 1.53. The molecule has 3 aromatic rings. The SMILES string of the molecule is Cc1ccc(-c2nnc(-c3ccc(C(=O)N4CCOC[C@@H]4C(=O)O)cc3)o2)cc1. The quantitative estimate of drug-likeness (QED) is 0.726. The summed E-state index contributed by atoms with van der Waals surface area (Å²) in [5, 5.41) is 17.5. The van der Waals surface area contributed by atoms with Crippen LogP contribution in [-0.4, -0.2) is 57.9 Å². The molecule has 0 bridgehead atoms. The highest BCUT2D eigenvalue weighted by molar-refractivity contribution is 5.97. The van der Waals surface area contributed by atoms with Crippen LogP contribution >= 0.6 is 0 Å². The van der Waals surface area contributed by atoms with Crippen LogP contribution in [-0.2, 0) is 9.53 Å². The van der Waals surface area contributed by atoms with Crippen LogP contribution in [0.2, 0.25) is 0 Å². The summed E-state index contributed by atoms with van der Waals surface area (Å²) in [7, 11) is 0. The number of hydrogen-bond acceptors (Lipinski definition) is 6. The Morgan fingerprint density at radius 1 is 1.00 bits per heavy atom. The molecule has 2 aromatic carbocycles. The molecule has 0 aliphatic carbocycles. The van der Waals surface area contributed by atoms with E-state index in [-0.39, 0.29) is 19.1 Å². The highest BCUT2D eigenvalue weighted by Gasteiger charge is 2.33. The van der Waals surface area contributed by atoms with Crippen LogP contribution in [0.1, 0.15) is 15.9 Å². The van der Waals surface area contributed by atoms with Crippen LogP contribution < -0.4 is 0 Å². The lowest BCUT2D eigenvalue weighted by Gasteiger charge is -2.32. The van der Waals surface area contributed by atoms with Crippen LogP contribution in [0.3, 0.4) is 0 Å². The molecule has 1 aliphatic heterocycles. The smallest absolute Gasteiger partial charge is 0.328 e. The number of carboxylic acids is 1. The highest BCUT2D eigenvalue weighted by Crippen LogP contribution is 2.25. The van der Waals surface area contributed by atoms with Crippen molar-refractivity contribution in [2.45, 2.75) is 13.0 Å². The van der Waals surface area contributed by atoms with Crippen LogP contribution in [0.4, 0.5) is 0 Å². The number of carboxylic acid groups (broad SMARTS) is 1. The fraction of sp³-hybridized carbons (Fsp3) is 0.238. The number of carbonyl (C=O) groups excluding carboxylic acids is 1. The number of aryl methyl sites for hydroxylation is 1. The Kier molecular flexibility index (Phi) is 5.09. The van der Waals surface area contributed by atoms with E-state index in [0.29, 0.717) is 29.5 Å². The van der Waals surface area contributed by atoms with Crippen molar-refractivity contribution in [2.75, 3.05) is 19.8 Å². The average molecular weight is 393 g/mol. The topological polar surface area (TPSA) is 106 Å². The Bertz CT molecular complexity index is 1030. The summed E-state index contributed by atoms with van der Waals surface area (Å²) < 4.78 is 10.9. The van der Waals surface area contributed by atoms with Gasteiger partial charge in [0.15, 0.2) is 6.04 Å². The number of aliphatic carboxylic acids is 1. The molecule has 1 saturated heterocycles. The molecule has 4 rings (SSSR count). The first kappa shape index (κ1) is 18.8. The number of morpholine rings is 1. The summed E-state index contributed by atoms with van der Waals surface area (Å²) >= 11 is 0. The van der Waals surface area contributed by atoms with Gasteiger partial charge in [0.25, 0.3) is 5.91 Å².